The smallest absolute Gasteiger partial charge is 0.301 e. The molecule has 0 atom stereocenters. The van der Waals surface area contributed by atoms with Gasteiger partial charge in [0.2, 0.25) is 5.82 Å². The van der Waals surface area contributed by atoms with Crippen molar-refractivity contribution in [2.45, 2.75) is 12.8 Å². The van der Waals surface area contributed by atoms with Crippen molar-refractivity contribution in [1.82, 2.24) is 14.9 Å². The number of anilines is 1. The van der Waals surface area contributed by atoms with Gasteiger partial charge in [0.15, 0.2) is 17.6 Å². The molecule has 0 aliphatic carbocycles. The van der Waals surface area contributed by atoms with Gasteiger partial charge in [-0.2, -0.15) is 0 Å². The molecule has 3 aromatic rings. The van der Waals surface area contributed by atoms with E-state index < -0.39 is 0 Å². The largest absolute Gasteiger partial charge is 0.340 e. The lowest BCUT2D eigenvalue weighted by Crippen LogP contribution is -2.47. The average Bonchev–Trinajstić information content (AvgIpc) is 3.17. The number of benzene rings is 1. The molecule has 0 saturated carbocycles. The number of imidazole rings is 1. The first-order valence-corrected chi connectivity index (χ1v) is 9.31. The van der Waals surface area contributed by atoms with Gasteiger partial charge in [0.25, 0.3) is 0 Å². The number of Topliss-reactive ketones (excluding diaryl/α,β-unsaturated/α-hetero) is 1. The maximum Gasteiger partial charge on any atom is 0.301 e. The van der Waals surface area contributed by atoms with Crippen molar-refractivity contribution < 1.29 is 14.2 Å². The molecular weight excluding hydrogens is 345 g/mol. The van der Waals surface area contributed by atoms with Gasteiger partial charge in [0.05, 0.1) is 0 Å². The average molecular weight is 368 g/mol. The van der Waals surface area contributed by atoms with Gasteiger partial charge < -0.3 is 4.90 Å². The number of nitrogens with one attached hydrogen (secondary N) is 2. The minimum atomic E-state index is -0.313. The van der Waals surface area contributed by atoms with E-state index in [1.165, 1.54) is 12.1 Å². The summed E-state index contributed by atoms with van der Waals surface area (Å²) in [7, 11) is 0. The van der Waals surface area contributed by atoms with E-state index >= 15 is 0 Å². The molecule has 2 aromatic heterocycles. The fourth-order valence-corrected chi connectivity index (χ4v) is 3.48. The topological polar surface area (TPSA) is 66.4 Å². The number of aromatic amines is 2. The number of carbonyl (C=O) groups is 1. The number of nitrogens with zero attached hydrogens (tertiary/aromatic N) is 3. The van der Waals surface area contributed by atoms with Crippen LogP contribution in [0, 0.1) is 5.82 Å². The van der Waals surface area contributed by atoms with Gasteiger partial charge in [0.1, 0.15) is 5.82 Å². The second-order valence-electron chi connectivity index (χ2n) is 6.86. The summed E-state index contributed by atoms with van der Waals surface area (Å²) in [6.07, 6.45) is 3.10. The number of fused-ring (bicyclic) bond motifs is 1. The normalized spacial score (nSPS) is 15.4. The highest BCUT2D eigenvalue weighted by atomic mass is 19.1. The van der Waals surface area contributed by atoms with E-state index in [2.05, 4.69) is 24.8 Å². The molecule has 6 nitrogen and oxygen atoms in total. The molecule has 1 aliphatic heterocycles. The van der Waals surface area contributed by atoms with E-state index in [1.807, 2.05) is 12.1 Å². The van der Waals surface area contributed by atoms with Crippen LogP contribution in [0.15, 0.2) is 42.7 Å². The molecule has 2 N–H and O–H groups in total. The van der Waals surface area contributed by atoms with Crippen molar-refractivity contribution >= 4 is 22.8 Å². The zero-order valence-electron chi connectivity index (χ0n) is 15.1. The molecule has 0 unspecified atom stereocenters. The molecule has 3 heterocycles. The Hall–Kier alpha value is -2.80. The highest BCUT2D eigenvalue weighted by Gasteiger charge is 2.20. The van der Waals surface area contributed by atoms with E-state index in [1.54, 1.807) is 18.5 Å². The standard InChI is InChI=1S/C20H22FN5O/c21-16-5-3-15(4-6-16)18(27)2-1-9-25-10-12-26(13-11-25)19-8-7-17-20(24-19)23-14-22-17/h3-8,14H,1-2,9-13H2,(H,22,23,24)/p+1. The van der Waals surface area contributed by atoms with Crippen LogP contribution in [0.4, 0.5) is 10.2 Å². The number of halogens is 1. The lowest BCUT2D eigenvalue weighted by atomic mass is 10.1. The van der Waals surface area contributed by atoms with E-state index in [-0.39, 0.29) is 11.6 Å². The zero-order chi connectivity index (χ0) is 18.6. The maximum absolute atomic E-state index is 12.9. The van der Waals surface area contributed by atoms with Gasteiger partial charge >= 0.3 is 5.65 Å². The number of ketones is 1. The number of pyridine rings is 1. The van der Waals surface area contributed by atoms with E-state index in [4.69, 9.17) is 0 Å². The van der Waals surface area contributed by atoms with Crippen LogP contribution in [-0.2, 0) is 0 Å². The van der Waals surface area contributed by atoms with E-state index in [9.17, 15) is 9.18 Å². The molecule has 4 rings (SSSR count). The fourth-order valence-electron chi connectivity index (χ4n) is 3.48. The predicted octanol–water partition coefficient (Wildman–Crippen LogP) is 2.30. The first kappa shape index (κ1) is 17.6. The molecule has 1 fully saturated rings. The predicted molar refractivity (Wildman–Crippen MR) is 101 cm³/mol. The maximum atomic E-state index is 12.9. The Balaban J connectivity index is 1.23. The third-order valence-electron chi connectivity index (χ3n) is 5.06. The summed E-state index contributed by atoms with van der Waals surface area (Å²) in [6.45, 7) is 4.67. The lowest BCUT2D eigenvalue weighted by molar-refractivity contribution is -0.347. The SMILES string of the molecule is O=C(CCCN1CCN(c2ccc3[nH]c[nH+]c3n2)CC1)c1ccc(F)cc1. The Labute approximate surface area is 157 Å². The summed E-state index contributed by atoms with van der Waals surface area (Å²) in [6, 6.07) is 9.88. The molecular formula is C20H23FN5O+. The zero-order valence-corrected chi connectivity index (χ0v) is 15.1. The quantitative estimate of drug-likeness (QED) is 0.678. The molecule has 1 aliphatic rings. The second kappa shape index (κ2) is 7.84. The van der Waals surface area contributed by atoms with Gasteiger partial charge in [-0.15, -0.1) is 0 Å². The number of rotatable bonds is 6. The van der Waals surface area contributed by atoms with Crippen molar-refractivity contribution in [1.29, 1.82) is 0 Å². The number of carbonyl (C=O) groups excluding carboxylic acids is 1. The summed E-state index contributed by atoms with van der Waals surface area (Å²) in [5.74, 6) is 0.755. The Morgan fingerprint density at radius 3 is 2.67 bits per heavy atom. The molecule has 27 heavy (non-hydrogen) atoms. The fraction of sp³-hybridized carbons (Fsp3) is 0.350. The molecule has 0 radical (unpaired) electrons. The van der Waals surface area contributed by atoms with Crippen molar-refractivity contribution in [3.05, 3.63) is 54.1 Å². The molecule has 0 bridgehead atoms. The van der Waals surface area contributed by atoms with Crippen molar-refractivity contribution in [2.24, 2.45) is 0 Å². The summed E-state index contributed by atoms with van der Waals surface area (Å²) in [5, 5.41) is 0. The monoisotopic (exact) mass is 368 g/mol. The molecule has 0 spiro atoms. The number of hydrogen-bond acceptors (Lipinski definition) is 4. The van der Waals surface area contributed by atoms with Gasteiger partial charge in [-0.05, 0) is 43.3 Å². The van der Waals surface area contributed by atoms with Crippen LogP contribution in [-0.4, -0.2) is 53.4 Å². The first-order chi connectivity index (χ1) is 13.2. The van der Waals surface area contributed by atoms with Crippen LogP contribution >= 0.6 is 0 Å². The van der Waals surface area contributed by atoms with Crippen LogP contribution < -0.4 is 9.88 Å². The minimum Gasteiger partial charge on any atom is -0.340 e. The highest BCUT2D eigenvalue weighted by molar-refractivity contribution is 5.95. The van der Waals surface area contributed by atoms with Gasteiger partial charge in [-0.1, -0.05) is 4.98 Å². The summed E-state index contributed by atoms with van der Waals surface area (Å²) in [4.78, 5) is 27.7. The minimum absolute atomic E-state index is 0.0777. The highest BCUT2D eigenvalue weighted by Crippen LogP contribution is 2.16. The van der Waals surface area contributed by atoms with Crippen molar-refractivity contribution in [2.75, 3.05) is 37.6 Å². The molecule has 1 saturated heterocycles. The van der Waals surface area contributed by atoms with Gasteiger partial charge in [-0.25, -0.2) is 9.37 Å². The Morgan fingerprint density at radius 1 is 1.11 bits per heavy atom. The van der Waals surface area contributed by atoms with Crippen LogP contribution in [0.3, 0.4) is 0 Å². The van der Waals surface area contributed by atoms with Crippen LogP contribution in [0.2, 0.25) is 0 Å². The van der Waals surface area contributed by atoms with Gasteiger partial charge in [-0.3, -0.25) is 14.7 Å². The lowest BCUT2D eigenvalue weighted by Gasteiger charge is -2.34. The molecule has 1 aromatic carbocycles. The van der Waals surface area contributed by atoms with E-state index in [0.717, 1.165) is 56.1 Å². The Bertz CT molecular complexity index is 916. The van der Waals surface area contributed by atoms with Crippen molar-refractivity contribution in [3.63, 3.8) is 0 Å². The number of H-pyrrole nitrogens is 2. The van der Waals surface area contributed by atoms with Crippen LogP contribution in [0.1, 0.15) is 23.2 Å². The molecule has 140 valence electrons. The summed E-state index contributed by atoms with van der Waals surface area (Å²) in [5.41, 5.74) is 2.46. The second-order valence-corrected chi connectivity index (χ2v) is 6.86. The summed E-state index contributed by atoms with van der Waals surface area (Å²) >= 11 is 0. The molecule has 0 amide bonds. The van der Waals surface area contributed by atoms with Gasteiger partial charge in [0, 0.05) is 44.2 Å². The number of hydrogen-bond donors (Lipinski definition) is 1. The van der Waals surface area contributed by atoms with Crippen molar-refractivity contribution in [3.8, 4) is 0 Å². The molecule has 7 heteroatoms. The number of piperazine rings is 1. The third-order valence-corrected chi connectivity index (χ3v) is 5.06. The third kappa shape index (κ3) is 4.14. The van der Waals surface area contributed by atoms with E-state index in [0.29, 0.717) is 12.0 Å². The Morgan fingerprint density at radius 2 is 1.89 bits per heavy atom. The Kier molecular flexibility index (Phi) is 5.11. The first-order valence-electron chi connectivity index (χ1n) is 9.31. The number of aromatic nitrogens is 3. The van der Waals surface area contributed by atoms with Crippen LogP contribution in [0.25, 0.3) is 11.2 Å². The summed E-state index contributed by atoms with van der Waals surface area (Å²) < 4.78 is 12.9. The van der Waals surface area contributed by atoms with Crippen LogP contribution in [0.5, 0.6) is 0 Å².